The van der Waals surface area contributed by atoms with Crippen LogP contribution in [-0.4, -0.2) is 76.5 Å². The van der Waals surface area contributed by atoms with Crippen LogP contribution in [-0.2, 0) is 38.1 Å². The van der Waals surface area contributed by atoms with E-state index in [1.54, 1.807) is 0 Å². The second kappa shape index (κ2) is 8.65. The zero-order chi connectivity index (χ0) is 23.2. The average Bonchev–Trinajstić information content (AvgIpc) is 3.13. The Balaban J connectivity index is 1.65. The third-order valence-electron chi connectivity index (χ3n) is 4.08. The van der Waals surface area contributed by atoms with Gasteiger partial charge < -0.3 is 40.3 Å². The van der Waals surface area contributed by atoms with Crippen LogP contribution in [0, 0.1) is 0 Å². The summed E-state index contributed by atoms with van der Waals surface area (Å²) in [6, 6.07) is 0. The highest BCUT2D eigenvalue weighted by atomic mass is 31.3. The molecule has 31 heavy (non-hydrogen) atoms. The molecule has 1 fully saturated rings. The summed E-state index contributed by atoms with van der Waals surface area (Å²) >= 11 is 0. The minimum Gasteiger partial charge on any atom is -0.387 e. The molecule has 0 bridgehead atoms. The fourth-order valence-electron chi connectivity index (χ4n) is 2.85. The Hall–Kier alpha value is -1.16. The molecule has 0 saturated carbocycles. The van der Waals surface area contributed by atoms with Crippen LogP contribution in [0.2, 0.25) is 0 Å². The molecule has 8 N–H and O–H groups in total. The Kier molecular flexibility index (Phi) is 6.83. The molecule has 20 heteroatoms. The summed E-state index contributed by atoms with van der Waals surface area (Å²) in [7, 11) is -16.7. The number of hydrogen-bond donors (Lipinski definition) is 7. The summed E-state index contributed by atoms with van der Waals surface area (Å²) in [6.45, 7) is -0.837. The third kappa shape index (κ3) is 5.80. The maximum Gasteiger partial charge on any atom is 0.490 e. The van der Waals surface area contributed by atoms with Gasteiger partial charge in [0.1, 0.15) is 36.6 Å². The molecule has 0 aliphatic carbocycles. The first-order valence-electron chi connectivity index (χ1n) is 8.13. The van der Waals surface area contributed by atoms with Crippen molar-refractivity contribution in [2.45, 2.75) is 31.0 Å². The molecule has 2 aliphatic rings. The lowest BCUT2D eigenvalue weighted by molar-refractivity contribution is -0.00985. The number of aliphatic hydroxyl groups is 2. The maximum atomic E-state index is 11.8. The average molecular weight is 506 g/mol. The Bertz CT molecular complexity index is 1030. The number of aliphatic imine (C=N–C) groups is 1. The van der Waals surface area contributed by atoms with Crippen LogP contribution in [0.5, 0.6) is 0 Å². The molecule has 3 heterocycles. The van der Waals surface area contributed by atoms with Crippen molar-refractivity contribution in [3.8, 4) is 0 Å². The van der Waals surface area contributed by atoms with Gasteiger partial charge in [-0.2, -0.15) is 8.62 Å². The van der Waals surface area contributed by atoms with Crippen LogP contribution < -0.4 is 5.73 Å². The standard InChI is InChI=1S/C11H17N4O13P3/c12-11-4-1-13-7(6(4)14-3-15-11)10-9(17)8(16)5(26-10)2-25-30(21,22)28-31(23,24)27-29(18,19)20/h3,5,8-10,16-17H,1-2H2,(H,21,22)(H,23,24)(H2,12,14,15)(H2,18,19,20)/t5-,8-,9-,10+/m1/s1. The molecule has 174 valence electrons. The molecule has 17 nitrogen and oxygen atoms in total. The van der Waals surface area contributed by atoms with Gasteiger partial charge in [-0.1, -0.05) is 0 Å². The fraction of sp³-hybridized carbons (Fsp3) is 0.545. The van der Waals surface area contributed by atoms with Crippen LogP contribution in [0.15, 0.2) is 11.3 Å². The van der Waals surface area contributed by atoms with Crippen LogP contribution in [0.4, 0.5) is 5.82 Å². The molecule has 1 aromatic rings. The molecule has 2 unspecified atom stereocenters. The molecule has 6 atom stereocenters. The van der Waals surface area contributed by atoms with Gasteiger partial charge in [0, 0.05) is 5.56 Å². The Morgan fingerprint density at radius 1 is 1.06 bits per heavy atom. The smallest absolute Gasteiger partial charge is 0.387 e. The number of aliphatic hydroxyl groups excluding tert-OH is 2. The van der Waals surface area contributed by atoms with Crippen molar-refractivity contribution in [3.05, 3.63) is 17.6 Å². The van der Waals surface area contributed by atoms with E-state index in [-0.39, 0.29) is 23.8 Å². The summed E-state index contributed by atoms with van der Waals surface area (Å²) in [6.07, 6.45) is -4.70. The molecule has 0 amide bonds. The Morgan fingerprint density at radius 2 is 1.74 bits per heavy atom. The molecule has 1 saturated heterocycles. The van der Waals surface area contributed by atoms with Crippen molar-refractivity contribution >= 4 is 35.0 Å². The fourth-order valence-corrected chi connectivity index (χ4v) is 5.88. The monoisotopic (exact) mass is 506 g/mol. The number of aromatic nitrogens is 2. The van der Waals surface area contributed by atoms with Crippen molar-refractivity contribution in [3.63, 3.8) is 0 Å². The lowest BCUT2D eigenvalue weighted by atomic mass is 10.0. The first kappa shape index (κ1) is 24.5. The van der Waals surface area contributed by atoms with Crippen molar-refractivity contribution < 1.29 is 61.4 Å². The van der Waals surface area contributed by atoms with E-state index in [0.717, 1.165) is 0 Å². The second-order valence-corrected chi connectivity index (χ2v) is 10.7. The van der Waals surface area contributed by atoms with Crippen LogP contribution in [0.1, 0.15) is 11.3 Å². The SMILES string of the molecule is Nc1ncnc2c1CN=C2[C@@H]1O[C@H](COP(=O)(O)OP(=O)(O)OP(=O)(O)O)[C@@H](O)[C@H]1O. The molecule has 0 radical (unpaired) electrons. The van der Waals surface area contributed by atoms with Gasteiger partial charge in [-0.15, -0.1) is 0 Å². The summed E-state index contributed by atoms with van der Waals surface area (Å²) in [5.41, 5.74) is 6.66. The number of rotatable bonds is 8. The largest absolute Gasteiger partial charge is 0.490 e. The van der Waals surface area contributed by atoms with E-state index in [1.807, 2.05) is 0 Å². The number of phosphoric ester groups is 1. The number of nitrogens with two attached hydrogens (primary N) is 1. The molecule has 2 aliphatic heterocycles. The van der Waals surface area contributed by atoms with Crippen LogP contribution >= 0.6 is 23.5 Å². The van der Waals surface area contributed by atoms with Crippen LogP contribution in [0.3, 0.4) is 0 Å². The first-order valence-corrected chi connectivity index (χ1v) is 12.7. The molecule has 3 rings (SSSR count). The number of nitrogen functional groups attached to an aromatic ring is 1. The summed E-state index contributed by atoms with van der Waals surface area (Å²) in [5, 5.41) is 20.4. The lowest BCUT2D eigenvalue weighted by Gasteiger charge is -2.19. The van der Waals surface area contributed by atoms with Gasteiger partial charge in [0.25, 0.3) is 0 Å². The van der Waals surface area contributed by atoms with E-state index in [2.05, 4.69) is 28.1 Å². The van der Waals surface area contributed by atoms with Crippen molar-refractivity contribution in [2.75, 3.05) is 12.3 Å². The van der Waals surface area contributed by atoms with Gasteiger partial charge in [-0.3, -0.25) is 9.52 Å². The third-order valence-corrected chi connectivity index (χ3v) is 7.88. The van der Waals surface area contributed by atoms with E-state index in [9.17, 15) is 28.8 Å². The van der Waals surface area contributed by atoms with Gasteiger partial charge in [0.05, 0.1) is 24.6 Å². The molecule has 0 aromatic carbocycles. The minimum atomic E-state index is -5.69. The number of ether oxygens (including phenoxy) is 1. The van der Waals surface area contributed by atoms with Gasteiger partial charge in [-0.25, -0.2) is 23.7 Å². The van der Waals surface area contributed by atoms with E-state index in [0.29, 0.717) is 5.56 Å². The van der Waals surface area contributed by atoms with E-state index < -0.39 is 54.5 Å². The summed E-state index contributed by atoms with van der Waals surface area (Å²) in [5.74, 6) is 0.168. The minimum absolute atomic E-state index is 0.103. The number of fused-ring (bicyclic) bond motifs is 1. The first-order chi connectivity index (χ1) is 14.2. The highest BCUT2D eigenvalue weighted by Gasteiger charge is 2.48. The Morgan fingerprint density at radius 3 is 2.39 bits per heavy atom. The number of anilines is 1. The van der Waals surface area contributed by atoms with E-state index >= 15 is 0 Å². The maximum absolute atomic E-state index is 11.8. The Labute approximate surface area is 173 Å². The topological polar surface area (TPSA) is 274 Å². The number of hydrogen-bond acceptors (Lipinski definition) is 13. The van der Waals surface area contributed by atoms with Crippen molar-refractivity contribution in [1.29, 1.82) is 0 Å². The second-order valence-electron chi connectivity index (χ2n) is 6.25. The molecule has 0 spiro atoms. The number of phosphoric acid groups is 3. The molecular weight excluding hydrogens is 489 g/mol. The highest BCUT2D eigenvalue weighted by molar-refractivity contribution is 7.66. The predicted molar refractivity (Wildman–Crippen MR) is 97.2 cm³/mol. The van der Waals surface area contributed by atoms with Gasteiger partial charge >= 0.3 is 23.5 Å². The predicted octanol–water partition coefficient (Wildman–Crippen LogP) is -1.81. The zero-order valence-corrected chi connectivity index (χ0v) is 17.8. The van der Waals surface area contributed by atoms with Crippen molar-refractivity contribution in [1.82, 2.24) is 9.97 Å². The highest BCUT2D eigenvalue weighted by Crippen LogP contribution is 2.66. The van der Waals surface area contributed by atoms with Crippen LogP contribution in [0.25, 0.3) is 0 Å². The van der Waals surface area contributed by atoms with E-state index in [1.165, 1.54) is 6.33 Å². The van der Waals surface area contributed by atoms with Crippen molar-refractivity contribution in [2.24, 2.45) is 4.99 Å². The van der Waals surface area contributed by atoms with Gasteiger partial charge in [0.2, 0.25) is 0 Å². The quantitative estimate of drug-likeness (QED) is 0.191. The zero-order valence-electron chi connectivity index (χ0n) is 15.1. The molecular formula is C11H17N4O13P3. The van der Waals surface area contributed by atoms with E-state index in [4.69, 9.17) is 25.2 Å². The normalized spacial score (nSPS) is 29.8. The summed E-state index contributed by atoms with van der Waals surface area (Å²) in [4.78, 5) is 47.6. The van der Waals surface area contributed by atoms with Gasteiger partial charge in [0.15, 0.2) is 0 Å². The van der Waals surface area contributed by atoms with Gasteiger partial charge in [-0.05, 0) is 0 Å². The number of nitrogens with zero attached hydrogens (tertiary/aromatic N) is 3. The lowest BCUT2D eigenvalue weighted by Crippen LogP contribution is -2.37. The molecule has 1 aromatic heterocycles. The summed E-state index contributed by atoms with van der Waals surface area (Å²) < 4.78 is 50.7.